The van der Waals surface area contributed by atoms with E-state index >= 15 is 0 Å². The maximum absolute atomic E-state index is 11.9. The van der Waals surface area contributed by atoms with Crippen LogP contribution < -0.4 is 5.32 Å². The van der Waals surface area contributed by atoms with Gasteiger partial charge < -0.3 is 5.32 Å². The van der Waals surface area contributed by atoms with Crippen molar-refractivity contribution in [3.8, 4) is 0 Å². The molecular weight excluding hydrogens is 300 g/mol. The van der Waals surface area contributed by atoms with Gasteiger partial charge in [-0.2, -0.15) is 0 Å². The molecule has 0 saturated heterocycles. The third kappa shape index (κ3) is 6.58. The Labute approximate surface area is 133 Å². The van der Waals surface area contributed by atoms with Crippen LogP contribution >= 0.6 is 0 Å². The van der Waals surface area contributed by atoms with Crippen LogP contribution in [0.25, 0.3) is 0 Å². The molecule has 0 atom stereocenters. The van der Waals surface area contributed by atoms with Crippen molar-refractivity contribution >= 4 is 21.6 Å². The zero-order chi connectivity index (χ0) is 16.6. The molecule has 1 aromatic rings. The molecule has 1 aromatic carbocycles. The number of nitrogens with one attached hydrogen (secondary N) is 1. The van der Waals surface area contributed by atoms with E-state index < -0.39 is 10.0 Å². The molecule has 0 aliphatic heterocycles. The molecule has 0 aromatic heterocycles. The molecule has 0 radical (unpaired) electrons. The summed E-state index contributed by atoms with van der Waals surface area (Å²) in [5, 5.41) is 2.80. The summed E-state index contributed by atoms with van der Waals surface area (Å²) in [6, 6.07) is 7.67. The first-order valence-electron chi connectivity index (χ1n) is 7.70. The molecule has 1 amide bonds. The molecule has 6 heteroatoms. The first kappa shape index (κ1) is 18.6. The van der Waals surface area contributed by atoms with Gasteiger partial charge in [-0.15, -0.1) is 0 Å². The topological polar surface area (TPSA) is 66.5 Å². The van der Waals surface area contributed by atoms with Gasteiger partial charge in [0.15, 0.2) is 0 Å². The number of sulfonamides is 1. The molecule has 22 heavy (non-hydrogen) atoms. The number of unbranched alkanes of at least 4 members (excludes halogenated alkanes) is 1. The van der Waals surface area contributed by atoms with E-state index in [0.717, 1.165) is 24.9 Å². The summed E-state index contributed by atoms with van der Waals surface area (Å²) in [6.07, 6.45) is 4.01. The first-order valence-corrected chi connectivity index (χ1v) is 9.55. The van der Waals surface area contributed by atoms with Gasteiger partial charge in [-0.3, -0.25) is 4.79 Å². The minimum Gasteiger partial charge on any atom is -0.326 e. The van der Waals surface area contributed by atoms with E-state index in [9.17, 15) is 13.2 Å². The number of rotatable bonds is 9. The van der Waals surface area contributed by atoms with Gasteiger partial charge in [-0.05, 0) is 30.5 Å². The van der Waals surface area contributed by atoms with E-state index in [1.807, 2.05) is 31.2 Å². The minimum atomic E-state index is -3.26. The van der Waals surface area contributed by atoms with Crippen molar-refractivity contribution in [2.24, 2.45) is 0 Å². The SMILES string of the molecule is CCCCN(CCC(=O)Nc1ccc(CC)cc1)S(C)(=O)=O. The number of carbonyl (C=O) groups excluding carboxylic acids is 1. The third-order valence-electron chi connectivity index (χ3n) is 3.46. The Morgan fingerprint density at radius 3 is 2.27 bits per heavy atom. The Balaban J connectivity index is 2.52. The molecule has 0 spiro atoms. The first-order chi connectivity index (χ1) is 10.4. The van der Waals surface area contributed by atoms with Crippen molar-refractivity contribution in [3.63, 3.8) is 0 Å². The van der Waals surface area contributed by atoms with Crippen LogP contribution in [0, 0.1) is 0 Å². The van der Waals surface area contributed by atoms with Crippen molar-refractivity contribution in [1.29, 1.82) is 0 Å². The number of nitrogens with zero attached hydrogens (tertiary/aromatic N) is 1. The number of hydrogen-bond donors (Lipinski definition) is 1. The van der Waals surface area contributed by atoms with Crippen LogP contribution in [0.3, 0.4) is 0 Å². The molecule has 0 bridgehead atoms. The fourth-order valence-corrected chi connectivity index (χ4v) is 2.94. The molecule has 0 heterocycles. The van der Waals surface area contributed by atoms with Crippen LogP contribution in [0.15, 0.2) is 24.3 Å². The number of hydrogen-bond acceptors (Lipinski definition) is 3. The summed E-state index contributed by atoms with van der Waals surface area (Å²) in [6.45, 7) is 4.77. The van der Waals surface area contributed by atoms with Crippen molar-refractivity contribution in [2.45, 2.75) is 39.5 Å². The van der Waals surface area contributed by atoms with Crippen molar-refractivity contribution in [3.05, 3.63) is 29.8 Å². The normalized spacial score (nSPS) is 11.6. The summed E-state index contributed by atoms with van der Waals surface area (Å²) in [5.41, 5.74) is 1.95. The van der Waals surface area contributed by atoms with Crippen molar-refractivity contribution in [2.75, 3.05) is 24.7 Å². The highest BCUT2D eigenvalue weighted by Gasteiger charge is 2.17. The monoisotopic (exact) mass is 326 g/mol. The maximum Gasteiger partial charge on any atom is 0.225 e. The van der Waals surface area contributed by atoms with Gasteiger partial charge in [-0.25, -0.2) is 12.7 Å². The summed E-state index contributed by atoms with van der Waals surface area (Å²) in [5.74, 6) is -0.172. The highest BCUT2D eigenvalue weighted by molar-refractivity contribution is 7.88. The number of aryl methyl sites for hydroxylation is 1. The van der Waals surface area contributed by atoms with Crippen LogP contribution in [-0.2, 0) is 21.2 Å². The van der Waals surface area contributed by atoms with E-state index in [1.165, 1.54) is 16.1 Å². The molecule has 124 valence electrons. The van der Waals surface area contributed by atoms with E-state index in [4.69, 9.17) is 0 Å². The number of benzene rings is 1. The molecule has 0 saturated carbocycles. The predicted molar refractivity (Wildman–Crippen MR) is 90.4 cm³/mol. The standard InChI is InChI=1S/C16H26N2O3S/c1-4-6-12-18(22(3,20)21)13-11-16(19)17-15-9-7-14(5-2)8-10-15/h7-10H,4-6,11-13H2,1-3H3,(H,17,19). The Morgan fingerprint density at radius 1 is 1.14 bits per heavy atom. The lowest BCUT2D eigenvalue weighted by Crippen LogP contribution is -2.33. The lowest BCUT2D eigenvalue weighted by Gasteiger charge is -2.19. The molecule has 0 aliphatic rings. The Kier molecular flexibility index (Phi) is 7.55. The van der Waals surface area contributed by atoms with Crippen LogP contribution in [-0.4, -0.2) is 38.0 Å². The molecule has 0 aliphatic carbocycles. The largest absolute Gasteiger partial charge is 0.326 e. The zero-order valence-electron chi connectivity index (χ0n) is 13.6. The van der Waals surface area contributed by atoms with Gasteiger partial charge >= 0.3 is 0 Å². The van der Waals surface area contributed by atoms with E-state index in [0.29, 0.717) is 6.54 Å². The maximum atomic E-state index is 11.9. The van der Waals surface area contributed by atoms with Crippen LogP contribution in [0.5, 0.6) is 0 Å². The number of amides is 1. The summed E-state index contributed by atoms with van der Waals surface area (Å²) < 4.78 is 24.7. The molecule has 0 unspecified atom stereocenters. The van der Waals surface area contributed by atoms with Gasteiger partial charge in [0.05, 0.1) is 6.26 Å². The van der Waals surface area contributed by atoms with Crippen molar-refractivity contribution in [1.82, 2.24) is 4.31 Å². The Hall–Kier alpha value is -1.40. The second-order valence-corrected chi connectivity index (χ2v) is 7.35. The fraction of sp³-hybridized carbons (Fsp3) is 0.562. The summed E-state index contributed by atoms with van der Waals surface area (Å²) >= 11 is 0. The number of anilines is 1. The number of carbonyl (C=O) groups is 1. The van der Waals surface area contributed by atoms with E-state index in [-0.39, 0.29) is 18.9 Å². The smallest absolute Gasteiger partial charge is 0.225 e. The quantitative estimate of drug-likeness (QED) is 0.758. The van der Waals surface area contributed by atoms with E-state index in [1.54, 1.807) is 0 Å². The second kappa shape index (κ2) is 8.90. The summed E-state index contributed by atoms with van der Waals surface area (Å²) in [7, 11) is -3.26. The third-order valence-corrected chi connectivity index (χ3v) is 4.77. The lowest BCUT2D eigenvalue weighted by molar-refractivity contribution is -0.116. The molecule has 1 N–H and O–H groups in total. The molecule has 1 rings (SSSR count). The Morgan fingerprint density at radius 2 is 1.77 bits per heavy atom. The van der Waals surface area contributed by atoms with Crippen LogP contribution in [0.4, 0.5) is 5.69 Å². The molecular formula is C16H26N2O3S. The van der Waals surface area contributed by atoms with Gasteiger partial charge in [0.2, 0.25) is 15.9 Å². The Bertz CT molecular complexity index is 568. The molecule has 5 nitrogen and oxygen atoms in total. The highest BCUT2D eigenvalue weighted by atomic mass is 32.2. The van der Waals surface area contributed by atoms with Crippen molar-refractivity contribution < 1.29 is 13.2 Å². The second-order valence-electron chi connectivity index (χ2n) is 5.36. The highest BCUT2D eigenvalue weighted by Crippen LogP contribution is 2.11. The van der Waals surface area contributed by atoms with Gasteiger partial charge in [0.25, 0.3) is 0 Å². The average molecular weight is 326 g/mol. The minimum absolute atomic E-state index is 0.159. The average Bonchev–Trinajstić information content (AvgIpc) is 2.46. The van der Waals surface area contributed by atoms with Gasteiger partial charge in [-0.1, -0.05) is 32.4 Å². The predicted octanol–water partition coefficient (Wildman–Crippen LogP) is 2.64. The lowest BCUT2D eigenvalue weighted by atomic mass is 10.1. The van der Waals surface area contributed by atoms with Gasteiger partial charge in [0, 0.05) is 25.2 Å². The van der Waals surface area contributed by atoms with Crippen LogP contribution in [0.1, 0.15) is 38.7 Å². The van der Waals surface area contributed by atoms with Crippen LogP contribution in [0.2, 0.25) is 0 Å². The fourth-order valence-electron chi connectivity index (χ4n) is 2.05. The molecule has 0 fully saturated rings. The zero-order valence-corrected chi connectivity index (χ0v) is 14.4. The summed E-state index contributed by atoms with van der Waals surface area (Å²) in [4.78, 5) is 11.9. The van der Waals surface area contributed by atoms with E-state index in [2.05, 4.69) is 12.2 Å². The van der Waals surface area contributed by atoms with Gasteiger partial charge in [0.1, 0.15) is 0 Å².